The molecule has 146 valence electrons. The van der Waals surface area contributed by atoms with Gasteiger partial charge in [0.15, 0.2) is 5.65 Å². The lowest BCUT2D eigenvalue weighted by atomic mass is 10.0. The van der Waals surface area contributed by atoms with E-state index in [4.69, 9.17) is 0 Å². The van der Waals surface area contributed by atoms with Gasteiger partial charge in [0.2, 0.25) is 0 Å². The summed E-state index contributed by atoms with van der Waals surface area (Å²) in [4.78, 5) is 18.1. The van der Waals surface area contributed by atoms with Crippen LogP contribution in [0.4, 0.5) is 19.0 Å². The fourth-order valence-corrected chi connectivity index (χ4v) is 3.50. The SMILES string of the molecule is CCNC(=O)c1cnn2ccc(N3CC(F)(F)CC3c3cccc(F)c3)nc12. The first-order chi connectivity index (χ1) is 13.4. The Balaban J connectivity index is 1.76. The number of nitrogens with zero attached hydrogens (tertiary/aromatic N) is 4. The van der Waals surface area contributed by atoms with Crippen molar-refractivity contribution in [3.63, 3.8) is 0 Å². The lowest BCUT2D eigenvalue weighted by Gasteiger charge is -2.25. The van der Waals surface area contributed by atoms with Crippen LogP contribution in [0.2, 0.25) is 0 Å². The van der Waals surface area contributed by atoms with Gasteiger partial charge in [0, 0.05) is 19.2 Å². The minimum atomic E-state index is -2.94. The van der Waals surface area contributed by atoms with Gasteiger partial charge in [-0.25, -0.2) is 22.7 Å². The Kier molecular flexibility index (Phi) is 4.44. The summed E-state index contributed by atoms with van der Waals surface area (Å²) in [5.41, 5.74) is 0.991. The van der Waals surface area contributed by atoms with E-state index >= 15 is 0 Å². The van der Waals surface area contributed by atoms with Crippen LogP contribution in [0.3, 0.4) is 0 Å². The Hall–Kier alpha value is -3.10. The molecule has 1 aliphatic rings. The first-order valence-corrected chi connectivity index (χ1v) is 8.90. The number of fused-ring (bicyclic) bond motifs is 1. The van der Waals surface area contributed by atoms with Gasteiger partial charge in [0.25, 0.3) is 11.8 Å². The van der Waals surface area contributed by atoms with Crippen molar-refractivity contribution in [2.24, 2.45) is 0 Å². The van der Waals surface area contributed by atoms with Crippen molar-refractivity contribution in [3.8, 4) is 0 Å². The number of halogens is 3. The topological polar surface area (TPSA) is 62.5 Å². The van der Waals surface area contributed by atoms with Gasteiger partial charge in [0.05, 0.1) is 18.8 Å². The number of benzene rings is 1. The zero-order chi connectivity index (χ0) is 19.9. The Morgan fingerprint density at radius 2 is 2.18 bits per heavy atom. The van der Waals surface area contributed by atoms with E-state index in [9.17, 15) is 18.0 Å². The molecule has 0 radical (unpaired) electrons. The normalized spacial score (nSPS) is 18.6. The monoisotopic (exact) mass is 389 g/mol. The number of carbonyl (C=O) groups is 1. The zero-order valence-corrected chi connectivity index (χ0v) is 15.1. The number of hydrogen-bond donors (Lipinski definition) is 1. The van der Waals surface area contributed by atoms with Crippen LogP contribution < -0.4 is 10.2 Å². The van der Waals surface area contributed by atoms with Crippen LogP contribution in [0.15, 0.2) is 42.7 Å². The summed E-state index contributed by atoms with van der Waals surface area (Å²) in [6.45, 7) is 1.69. The Bertz CT molecular complexity index is 1040. The van der Waals surface area contributed by atoms with Gasteiger partial charge in [0.1, 0.15) is 17.2 Å². The van der Waals surface area contributed by atoms with Crippen molar-refractivity contribution < 1.29 is 18.0 Å². The second-order valence-electron chi connectivity index (χ2n) is 6.73. The van der Waals surface area contributed by atoms with Crippen LogP contribution in [0.1, 0.15) is 35.3 Å². The van der Waals surface area contributed by atoms with Crippen LogP contribution in [-0.4, -0.2) is 39.5 Å². The van der Waals surface area contributed by atoms with E-state index in [1.165, 1.54) is 33.8 Å². The van der Waals surface area contributed by atoms with Crippen molar-refractivity contribution in [2.75, 3.05) is 18.0 Å². The molecule has 1 aliphatic heterocycles. The van der Waals surface area contributed by atoms with Gasteiger partial charge in [-0.2, -0.15) is 5.10 Å². The first-order valence-electron chi connectivity index (χ1n) is 8.90. The minimum Gasteiger partial charge on any atom is -0.352 e. The van der Waals surface area contributed by atoms with Gasteiger partial charge in [-0.15, -0.1) is 0 Å². The van der Waals surface area contributed by atoms with E-state index in [0.717, 1.165) is 0 Å². The van der Waals surface area contributed by atoms with Crippen LogP contribution in [-0.2, 0) is 0 Å². The molecule has 1 fully saturated rings. The summed E-state index contributed by atoms with van der Waals surface area (Å²) in [6.07, 6.45) is 2.52. The lowest BCUT2D eigenvalue weighted by molar-refractivity contribution is 0.0222. The number of hydrogen-bond acceptors (Lipinski definition) is 4. The molecule has 3 heterocycles. The zero-order valence-electron chi connectivity index (χ0n) is 15.1. The molecule has 1 unspecified atom stereocenters. The number of anilines is 1. The van der Waals surface area contributed by atoms with Crippen LogP contribution in [0, 0.1) is 5.82 Å². The number of rotatable bonds is 4. The van der Waals surface area contributed by atoms with E-state index in [1.807, 2.05) is 0 Å². The van der Waals surface area contributed by atoms with Crippen molar-refractivity contribution in [1.82, 2.24) is 19.9 Å². The highest BCUT2D eigenvalue weighted by Gasteiger charge is 2.46. The molecule has 1 saturated heterocycles. The maximum Gasteiger partial charge on any atom is 0.267 e. The van der Waals surface area contributed by atoms with Gasteiger partial charge in [-0.05, 0) is 30.7 Å². The van der Waals surface area contributed by atoms with Crippen molar-refractivity contribution in [3.05, 3.63) is 59.7 Å². The molecule has 1 aromatic carbocycles. The van der Waals surface area contributed by atoms with E-state index < -0.39 is 30.7 Å². The van der Waals surface area contributed by atoms with Gasteiger partial charge < -0.3 is 10.2 Å². The molecule has 3 aromatic rings. The van der Waals surface area contributed by atoms with Gasteiger partial charge in [-0.3, -0.25) is 4.79 Å². The average Bonchev–Trinajstić information content (AvgIpc) is 3.22. The summed E-state index contributed by atoms with van der Waals surface area (Å²) in [7, 11) is 0. The molecule has 1 atom stereocenters. The van der Waals surface area contributed by atoms with Crippen LogP contribution in [0.25, 0.3) is 5.65 Å². The van der Waals surface area contributed by atoms with Crippen LogP contribution >= 0.6 is 0 Å². The molecule has 4 rings (SSSR count). The molecule has 28 heavy (non-hydrogen) atoms. The fraction of sp³-hybridized carbons (Fsp3) is 0.316. The molecule has 0 spiro atoms. The Morgan fingerprint density at radius 3 is 2.93 bits per heavy atom. The Labute approximate surface area is 159 Å². The molecule has 1 N–H and O–H groups in total. The smallest absolute Gasteiger partial charge is 0.267 e. The van der Waals surface area contributed by atoms with E-state index in [2.05, 4.69) is 15.4 Å². The maximum absolute atomic E-state index is 14.2. The minimum absolute atomic E-state index is 0.261. The largest absolute Gasteiger partial charge is 0.352 e. The van der Waals surface area contributed by atoms with Crippen LogP contribution in [0.5, 0.6) is 0 Å². The molecule has 0 aliphatic carbocycles. The first kappa shape index (κ1) is 18.3. The average molecular weight is 389 g/mol. The number of carbonyl (C=O) groups excluding carboxylic acids is 1. The summed E-state index contributed by atoms with van der Waals surface area (Å²) >= 11 is 0. The summed E-state index contributed by atoms with van der Waals surface area (Å²) < 4.78 is 43.5. The van der Waals surface area contributed by atoms with Crippen molar-refractivity contribution in [2.45, 2.75) is 25.3 Å². The second kappa shape index (κ2) is 6.81. The second-order valence-corrected chi connectivity index (χ2v) is 6.73. The standard InChI is InChI=1S/C19H18F3N5O/c1-2-23-18(28)14-10-24-27-7-6-16(25-17(14)27)26-11-19(21,22)9-15(26)12-4-3-5-13(20)8-12/h3-8,10,15H,2,9,11H2,1H3,(H,23,28). The highest BCUT2D eigenvalue weighted by Crippen LogP contribution is 2.43. The van der Waals surface area contributed by atoms with Gasteiger partial charge in [-0.1, -0.05) is 12.1 Å². The quantitative estimate of drug-likeness (QED) is 0.744. The third-order valence-corrected chi connectivity index (χ3v) is 4.73. The molecule has 0 saturated carbocycles. The molecular weight excluding hydrogens is 371 g/mol. The Morgan fingerprint density at radius 1 is 1.36 bits per heavy atom. The van der Waals surface area contributed by atoms with Crippen molar-refractivity contribution in [1.29, 1.82) is 0 Å². The van der Waals surface area contributed by atoms with E-state index in [1.54, 1.807) is 25.3 Å². The van der Waals surface area contributed by atoms with Gasteiger partial charge >= 0.3 is 0 Å². The molecular formula is C19H18F3N5O. The summed E-state index contributed by atoms with van der Waals surface area (Å²) in [5.74, 6) is -3.47. The summed E-state index contributed by atoms with van der Waals surface area (Å²) in [5, 5.41) is 6.76. The van der Waals surface area contributed by atoms with E-state index in [0.29, 0.717) is 12.1 Å². The predicted molar refractivity (Wildman–Crippen MR) is 97.0 cm³/mol. The maximum atomic E-state index is 14.2. The predicted octanol–water partition coefficient (Wildman–Crippen LogP) is 3.20. The number of amides is 1. The lowest BCUT2D eigenvalue weighted by Crippen LogP contribution is -2.27. The summed E-state index contributed by atoms with van der Waals surface area (Å²) in [6, 6.07) is 6.50. The fourth-order valence-electron chi connectivity index (χ4n) is 3.50. The van der Waals surface area contributed by atoms with Crippen molar-refractivity contribution >= 4 is 17.4 Å². The third-order valence-electron chi connectivity index (χ3n) is 4.73. The molecule has 9 heteroatoms. The highest BCUT2D eigenvalue weighted by atomic mass is 19.3. The highest BCUT2D eigenvalue weighted by molar-refractivity contribution is 5.99. The number of nitrogens with one attached hydrogen (secondary N) is 1. The number of aromatic nitrogens is 3. The third kappa shape index (κ3) is 3.28. The molecule has 2 aromatic heterocycles. The molecule has 1 amide bonds. The number of alkyl halides is 2. The molecule has 0 bridgehead atoms. The molecule has 6 nitrogen and oxygen atoms in total. The van der Waals surface area contributed by atoms with E-state index in [-0.39, 0.29) is 22.9 Å².